The molecule has 1 heterocycles. The van der Waals surface area contributed by atoms with Crippen molar-refractivity contribution >= 4 is 24.1 Å². The van der Waals surface area contributed by atoms with Crippen molar-refractivity contribution in [1.82, 2.24) is 15.2 Å². The van der Waals surface area contributed by atoms with E-state index in [0.29, 0.717) is 5.69 Å². The number of hydrogen-bond donors (Lipinski definition) is 2. The van der Waals surface area contributed by atoms with E-state index >= 15 is 0 Å². The number of aryl methyl sites for hydroxylation is 1. The molecule has 7 heteroatoms. The Labute approximate surface area is 116 Å². The van der Waals surface area contributed by atoms with Gasteiger partial charge in [-0.15, -0.1) is 22.6 Å². The van der Waals surface area contributed by atoms with E-state index in [1.165, 1.54) is 0 Å². The second-order valence-corrected chi connectivity index (χ2v) is 3.76. The van der Waals surface area contributed by atoms with E-state index < -0.39 is 0 Å². The lowest BCUT2D eigenvalue weighted by Crippen LogP contribution is -2.16. The fraction of sp³-hybridized carbons (Fsp3) is 0.167. The number of nitrogens with one attached hydrogen (secondary N) is 2. The molecule has 0 saturated heterocycles. The summed E-state index contributed by atoms with van der Waals surface area (Å²) in [5, 5.41) is 11.6. The third-order valence-corrected chi connectivity index (χ3v) is 2.38. The molecule has 2 N–H and O–H groups in total. The maximum absolute atomic E-state index is 11.3. The second-order valence-electron chi connectivity index (χ2n) is 3.76. The van der Waals surface area contributed by atoms with E-state index in [9.17, 15) is 4.79 Å². The first-order valence-corrected chi connectivity index (χ1v) is 5.46. The molecular weight excluding hydrogens is 266 g/mol. The summed E-state index contributed by atoms with van der Waals surface area (Å²) in [5.41, 5.74) is 4.50. The Morgan fingerprint density at radius 2 is 1.95 bits per heavy atom. The Hall–Kier alpha value is -2.21. The lowest BCUT2D eigenvalue weighted by atomic mass is 10.1. The zero-order valence-corrected chi connectivity index (χ0v) is 11.4. The first-order valence-electron chi connectivity index (χ1n) is 5.46. The fourth-order valence-corrected chi connectivity index (χ4v) is 1.32. The van der Waals surface area contributed by atoms with Crippen LogP contribution in [0, 0.1) is 6.92 Å². The van der Waals surface area contributed by atoms with Gasteiger partial charge in [-0.3, -0.25) is 9.78 Å². The van der Waals surface area contributed by atoms with Crippen molar-refractivity contribution < 1.29 is 0 Å². The summed E-state index contributed by atoms with van der Waals surface area (Å²) in [4.78, 5) is 13.8. The van der Waals surface area contributed by atoms with Gasteiger partial charge < -0.3 is 0 Å². The average Bonchev–Trinajstić information content (AvgIpc) is 2.41. The number of hydrogen-bond acceptors (Lipinski definition) is 5. The molecule has 1 aromatic carbocycles. The maximum atomic E-state index is 11.3. The van der Waals surface area contributed by atoms with Crippen molar-refractivity contribution in [2.24, 2.45) is 5.10 Å². The molecule has 2 rings (SSSR count). The molecule has 0 radical (unpaired) electrons. The highest BCUT2D eigenvalue weighted by Gasteiger charge is 1.99. The molecule has 6 nitrogen and oxygen atoms in total. The van der Waals surface area contributed by atoms with Gasteiger partial charge in [0.05, 0.1) is 5.71 Å². The van der Waals surface area contributed by atoms with E-state index in [0.717, 1.165) is 11.3 Å². The molecule has 0 aliphatic heterocycles. The Bertz CT molecular complexity index is 624. The quantitative estimate of drug-likeness (QED) is 0.662. The number of anilines is 1. The second kappa shape index (κ2) is 6.65. The number of benzene rings is 1. The SMILES string of the molecule is C/C(=N\Nc1nnc(C)c(=O)[nH]1)c1ccccc1.Cl. The van der Waals surface area contributed by atoms with Crippen LogP contribution >= 0.6 is 12.4 Å². The minimum Gasteiger partial charge on any atom is -0.288 e. The molecule has 0 aliphatic rings. The number of H-pyrrole nitrogens is 1. The maximum Gasteiger partial charge on any atom is 0.274 e. The lowest BCUT2D eigenvalue weighted by molar-refractivity contribution is 0.897. The van der Waals surface area contributed by atoms with Gasteiger partial charge in [0, 0.05) is 0 Å². The van der Waals surface area contributed by atoms with Crippen LogP contribution in [0.25, 0.3) is 0 Å². The molecule has 0 saturated carbocycles. The minimum absolute atomic E-state index is 0. The van der Waals surface area contributed by atoms with Crippen molar-refractivity contribution in [3.63, 3.8) is 0 Å². The largest absolute Gasteiger partial charge is 0.288 e. The summed E-state index contributed by atoms with van der Waals surface area (Å²) in [6.45, 7) is 3.45. The highest BCUT2D eigenvalue weighted by Crippen LogP contribution is 2.01. The van der Waals surface area contributed by atoms with Crippen LogP contribution in [0.15, 0.2) is 40.2 Å². The highest BCUT2D eigenvalue weighted by atomic mass is 35.5. The van der Waals surface area contributed by atoms with Gasteiger partial charge in [0.1, 0.15) is 5.69 Å². The van der Waals surface area contributed by atoms with Gasteiger partial charge in [0.2, 0.25) is 5.95 Å². The van der Waals surface area contributed by atoms with E-state index in [2.05, 4.69) is 25.7 Å². The Kier molecular flexibility index (Phi) is 5.20. The number of aromatic nitrogens is 3. The Balaban J connectivity index is 0.00000180. The monoisotopic (exact) mass is 279 g/mol. The van der Waals surface area contributed by atoms with E-state index in [-0.39, 0.29) is 23.9 Å². The summed E-state index contributed by atoms with van der Waals surface area (Å²) in [6, 6.07) is 9.70. The molecule has 0 aliphatic carbocycles. The third-order valence-electron chi connectivity index (χ3n) is 2.38. The zero-order chi connectivity index (χ0) is 13.0. The summed E-state index contributed by atoms with van der Waals surface area (Å²) < 4.78 is 0. The number of hydrazone groups is 1. The molecule has 2 aromatic rings. The Morgan fingerprint density at radius 1 is 1.26 bits per heavy atom. The van der Waals surface area contributed by atoms with Crippen LogP contribution in [0.2, 0.25) is 0 Å². The molecule has 1 aromatic heterocycles. The average molecular weight is 280 g/mol. The van der Waals surface area contributed by atoms with Crippen LogP contribution in [-0.2, 0) is 0 Å². The van der Waals surface area contributed by atoms with Gasteiger partial charge in [0.25, 0.3) is 5.56 Å². The summed E-state index contributed by atoms with van der Waals surface area (Å²) >= 11 is 0. The number of halogens is 1. The Morgan fingerprint density at radius 3 is 2.58 bits per heavy atom. The van der Waals surface area contributed by atoms with E-state index in [4.69, 9.17) is 0 Å². The van der Waals surface area contributed by atoms with Crippen molar-refractivity contribution in [1.29, 1.82) is 0 Å². The van der Waals surface area contributed by atoms with Crippen LogP contribution in [0.5, 0.6) is 0 Å². The summed E-state index contributed by atoms with van der Waals surface area (Å²) in [5.74, 6) is 0.223. The van der Waals surface area contributed by atoms with Gasteiger partial charge in [0.15, 0.2) is 0 Å². The van der Waals surface area contributed by atoms with Crippen molar-refractivity contribution in [3.8, 4) is 0 Å². The van der Waals surface area contributed by atoms with Gasteiger partial charge in [-0.05, 0) is 19.4 Å². The predicted octanol–water partition coefficient (Wildman–Crippen LogP) is 1.73. The number of rotatable bonds is 3. The first kappa shape index (κ1) is 14.8. The van der Waals surface area contributed by atoms with Gasteiger partial charge >= 0.3 is 0 Å². The zero-order valence-electron chi connectivity index (χ0n) is 10.5. The topological polar surface area (TPSA) is 83.0 Å². The van der Waals surface area contributed by atoms with Gasteiger partial charge in [-0.1, -0.05) is 30.3 Å². The standard InChI is InChI=1S/C12H13N5O.ClH/c1-8(10-6-4-3-5-7-10)14-16-12-13-11(18)9(2)15-17-12;/h3-7H,1-2H3,(H2,13,16,17,18);1H/b14-8+;. The first-order chi connectivity index (χ1) is 8.66. The van der Waals surface area contributed by atoms with Crippen LogP contribution in [0.4, 0.5) is 5.95 Å². The van der Waals surface area contributed by atoms with Crippen LogP contribution in [0.3, 0.4) is 0 Å². The van der Waals surface area contributed by atoms with Crippen LogP contribution in [-0.4, -0.2) is 20.9 Å². The van der Waals surface area contributed by atoms with Gasteiger partial charge in [-0.2, -0.15) is 5.10 Å². The molecule has 0 amide bonds. The highest BCUT2D eigenvalue weighted by molar-refractivity contribution is 5.98. The number of aromatic amines is 1. The lowest BCUT2D eigenvalue weighted by Gasteiger charge is -2.02. The van der Waals surface area contributed by atoms with E-state index in [1.54, 1.807) is 6.92 Å². The molecule has 0 bridgehead atoms. The molecule has 0 spiro atoms. The molecule has 19 heavy (non-hydrogen) atoms. The third kappa shape index (κ3) is 3.89. The van der Waals surface area contributed by atoms with Crippen LogP contribution in [0.1, 0.15) is 18.2 Å². The smallest absolute Gasteiger partial charge is 0.274 e. The fourth-order valence-electron chi connectivity index (χ4n) is 1.32. The van der Waals surface area contributed by atoms with Crippen LogP contribution < -0.4 is 11.0 Å². The molecule has 0 unspecified atom stereocenters. The van der Waals surface area contributed by atoms with Gasteiger partial charge in [-0.25, -0.2) is 5.43 Å². The summed E-state index contributed by atoms with van der Waals surface area (Å²) in [7, 11) is 0. The minimum atomic E-state index is -0.278. The normalized spacial score (nSPS) is 10.7. The molecule has 0 atom stereocenters. The number of nitrogens with zero attached hydrogens (tertiary/aromatic N) is 3. The van der Waals surface area contributed by atoms with Crippen molar-refractivity contribution in [2.45, 2.75) is 13.8 Å². The van der Waals surface area contributed by atoms with E-state index in [1.807, 2.05) is 37.3 Å². The molecule has 0 fully saturated rings. The van der Waals surface area contributed by atoms with Crippen molar-refractivity contribution in [2.75, 3.05) is 5.43 Å². The van der Waals surface area contributed by atoms with Crippen molar-refractivity contribution in [3.05, 3.63) is 51.9 Å². The molecule has 100 valence electrons. The molecular formula is C12H14ClN5O. The summed E-state index contributed by atoms with van der Waals surface area (Å²) in [6.07, 6.45) is 0. The predicted molar refractivity (Wildman–Crippen MR) is 76.9 cm³/mol.